The van der Waals surface area contributed by atoms with Crippen LogP contribution in [-0.4, -0.2) is 9.99 Å². The lowest BCUT2D eigenvalue weighted by Crippen LogP contribution is -2.23. The van der Waals surface area contributed by atoms with E-state index in [1.807, 2.05) is 62.4 Å². The van der Waals surface area contributed by atoms with E-state index in [1.165, 1.54) is 0 Å². The molecule has 0 saturated heterocycles. The molecule has 27 heavy (non-hydrogen) atoms. The van der Waals surface area contributed by atoms with Crippen molar-refractivity contribution in [1.29, 1.82) is 5.26 Å². The van der Waals surface area contributed by atoms with Gasteiger partial charge in [-0.3, -0.25) is 4.79 Å². The molecule has 0 radical (unpaired) electrons. The summed E-state index contributed by atoms with van der Waals surface area (Å²) in [6.45, 7) is 3.88. The number of nitrogens with zero attached hydrogens (tertiary/aromatic N) is 1. The van der Waals surface area contributed by atoms with Gasteiger partial charge in [-0.25, -0.2) is 4.21 Å². The van der Waals surface area contributed by atoms with E-state index in [-0.39, 0.29) is 11.7 Å². The molecule has 0 aromatic heterocycles. The van der Waals surface area contributed by atoms with Gasteiger partial charge in [-0.2, -0.15) is 5.26 Å². The lowest BCUT2D eigenvalue weighted by Gasteiger charge is -2.24. The van der Waals surface area contributed by atoms with E-state index < -0.39 is 16.2 Å². The minimum atomic E-state index is -1.35. The first-order valence-corrected chi connectivity index (χ1v) is 10.3. The number of Topliss-reactive ketones (excluding diaryl/α,β-unsaturated/α-hetero) is 1. The molecule has 2 aromatic rings. The smallest absolute Gasteiger partial charge is 0.159 e. The van der Waals surface area contributed by atoms with Gasteiger partial charge in [-0.1, -0.05) is 41.5 Å². The summed E-state index contributed by atoms with van der Waals surface area (Å²) < 4.78 is 13.3. The zero-order chi connectivity index (χ0) is 19.2. The van der Waals surface area contributed by atoms with Crippen LogP contribution in [0, 0.1) is 24.2 Å². The molecule has 1 saturated carbocycles. The van der Waals surface area contributed by atoms with Gasteiger partial charge in [0.2, 0.25) is 0 Å². The molecule has 0 aliphatic heterocycles. The Hall–Kier alpha value is -2.51. The summed E-state index contributed by atoms with van der Waals surface area (Å²) in [5.74, 6) is 0.357. The maximum absolute atomic E-state index is 13.3. The highest BCUT2D eigenvalue weighted by atomic mass is 32.2. The van der Waals surface area contributed by atoms with Gasteiger partial charge in [0, 0.05) is 16.2 Å². The fourth-order valence-electron chi connectivity index (χ4n) is 4.44. The van der Waals surface area contributed by atoms with E-state index in [2.05, 4.69) is 6.07 Å². The molecule has 1 fully saturated rings. The summed E-state index contributed by atoms with van der Waals surface area (Å²) in [4.78, 5) is 13.5. The molecule has 0 heterocycles. The standard InChI is InChI=1S/C23H21NO2S/c1-15-7-9-18(10-8-15)27(26)22-6-4-3-5-20(22)23(14-24)12-17-11-21(25)16(2)19(17)13-23/h3-10,17H,11-13H2,1-2H3/t17-,23+,27-/m0/s1. The summed E-state index contributed by atoms with van der Waals surface area (Å²) in [6.07, 6.45) is 1.70. The molecule has 2 aliphatic carbocycles. The first kappa shape index (κ1) is 17.9. The molecule has 4 rings (SSSR count). The van der Waals surface area contributed by atoms with Crippen molar-refractivity contribution in [2.24, 2.45) is 5.92 Å². The van der Waals surface area contributed by atoms with Crippen LogP contribution in [0.25, 0.3) is 0 Å². The van der Waals surface area contributed by atoms with Gasteiger partial charge in [0.15, 0.2) is 5.78 Å². The van der Waals surface area contributed by atoms with Crippen LogP contribution >= 0.6 is 0 Å². The van der Waals surface area contributed by atoms with E-state index in [4.69, 9.17) is 0 Å². The van der Waals surface area contributed by atoms with Crippen molar-refractivity contribution in [3.05, 3.63) is 70.8 Å². The maximum atomic E-state index is 13.3. The first-order chi connectivity index (χ1) is 12.9. The number of nitriles is 1. The molecule has 4 heteroatoms. The third-order valence-corrected chi connectivity index (χ3v) is 7.42. The minimum Gasteiger partial charge on any atom is -0.295 e. The Morgan fingerprint density at radius 2 is 1.81 bits per heavy atom. The second kappa shape index (κ2) is 6.58. The average Bonchev–Trinajstić information content (AvgIpc) is 3.18. The first-order valence-electron chi connectivity index (χ1n) is 9.17. The molecule has 2 aromatic carbocycles. The predicted octanol–water partition coefficient (Wildman–Crippen LogP) is 4.62. The lowest BCUT2D eigenvalue weighted by atomic mass is 9.78. The lowest BCUT2D eigenvalue weighted by molar-refractivity contribution is -0.115. The molecule has 3 atom stereocenters. The van der Waals surface area contributed by atoms with Crippen LogP contribution in [-0.2, 0) is 21.0 Å². The van der Waals surface area contributed by atoms with E-state index in [0.29, 0.717) is 24.2 Å². The van der Waals surface area contributed by atoms with Crippen molar-refractivity contribution in [2.75, 3.05) is 0 Å². The summed E-state index contributed by atoms with van der Waals surface area (Å²) >= 11 is 0. The van der Waals surface area contributed by atoms with Crippen LogP contribution in [0.3, 0.4) is 0 Å². The number of hydrogen-bond donors (Lipinski definition) is 0. The molecule has 0 unspecified atom stereocenters. The number of hydrogen-bond acceptors (Lipinski definition) is 3. The molecule has 136 valence electrons. The second-order valence-electron chi connectivity index (χ2n) is 7.63. The van der Waals surface area contributed by atoms with Crippen LogP contribution in [0.5, 0.6) is 0 Å². The van der Waals surface area contributed by atoms with E-state index in [9.17, 15) is 14.3 Å². The van der Waals surface area contributed by atoms with Crippen molar-refractivity contribution in [3.8, 4) is 6.07 Å². The normalized spacial score (nSPS) is 25.4. The highest BCUT2D eigenvalue weighted by Gasteiger charge is 2.49. The van der Waals surface area contributed by atoms with E-state index in [1.54, 1.807) is 0 Å². The Bertz CT molecular complexity index is 1030. The van der Waals surface area contributed by atoms with Gasteiger partial charge in [-0.05, 0) is 61.9 Å². The molecular weight excluding hydrogens is 354 g/mol. The number of carbonyl (C=O) groups excluding carboxylic acids is 1. The Labute approximate surface area is 162 Å². The molecule has 2 aliphatic rings. The monoisotopic (exact) mass is 375 g/mol. The van der Waals surface area contributed by atoms with Crippen LogP contribution in [0.15, 0.2) is 69.5 Å². The van der Waals surface area contributed by atoms with Gasteiger partial charge in [0.1, 0.15) is 0 Å². The van der Waals surface area contributed by atoms with Crippen molar-refractivity contribution in [1.82, 2.24) is 0 Å². The van der Waals surface area contributed by atoms with Crippen LogP contribution in [0.1, 0.15) is 37.3 Å². The number of ketones is 1. The molecule has 0 spiro atoms. The predicted molar refractivity (Wildman–Crippen MR) is 105 cm³/mol. The summed E-state index contributed by atoms with van der Waals surface area (Å²) in [5.41, 5.74) is 3.20. The summed E-state index contributed by atoms with van der Waals surface area (Å²) in [7, 11) is -1.35. The zero-order valence-electron chi connectivity index (χ0n) is 15.5. The highest BCUT2D eigenvalue weighted by Crippen LogP contribution is 2.53. The fraction of sp³-hybridized carbons (Fsp3) is 0.304. The quantitative estimate of drug-likeness (QED) is 0.786. The summed E-state index contributed by atoms with van der Waals surface area (Å²) in [5, 5.41) is 10.1. The third kappa shape index (κ3) is 2.87. The zero-order valence-corrected chi connectivity index (χ0v) is 16.3. The van der Waals surface area contributed by atoms with Crippen molar-refractivity contribution < 1.29 is 9.00 Å². The van der Waals surface area contributed by atoms with Gasteiger partial charge in [0.25, 0.3) is 0 Å². The topological polar surface area (TPSA) is 57.9 Å². The largest absolute Gasteiger partial charge is 0.295 e. The van der Waals surface area contributed by atoms with E-state index in [0.717, 1.165) is 27.2 Å². The number of aryl methyl sites for hydroxylation is 1. The Kier molecular flexibility index (Phi) is 4.36. The maximum Gasteiger partial charge on any atom is 0.159 e. The SMILES string of the molecule is CC1=C2C[C@](C#N)(c3ccccc3[S@@](=O)c3ccc(C)cc3)C[C@@H]2CC1=O. The second-order valence-corrected chi connectivity index (χ2v) is 9.08. The van der Waals surface area contributed by atoms with E-state index >= 15 is 0 Å². The number of benzene rings is 2. The molecule has 3 nitrogen and oxygen atoms in total. The Morgan fingerprint density at radius 3 is 2.48 bits per heavy atom. The number of fused-ring (bicyclic) bond motifs is 1. The van der Waals surface area contributed by atoms with Gasteiger partial charge in [-0.15, -0.1) is 0 Å². The fourth-order valence-corrected chi connectivity index (χ4v) is 5.74. The molecular formula is C23H21NO2S. The van der Waals surface area contributed by atoms with Gasteiger partial charge >= 0.3 is 0 Å². The van der Waals surface area contributed by atoms with Gasteiger partial charge < -0.3 is 0 Å². The Balaban J connectivity index is 1.79. The highest BCUT2D eigenvalue weighted by molar-refractivity contribution is 7.85. The molecule has 0 bridgehead atoms. The van der Waals surface area contributed by atoms with Crippen LogP contribution in [0.2, 0.25) is 0 Å². The van der Waals surface area contributed by atoms with Crippen molar-refractivity contribution in [3.63, 3.8) is 0 Å². The van der Waals surface area contributed by atoms with Crippen LogP contribution in [0.4, 0.5) is 0 Å². The van der Waals surface area contributed by atoms with Crippen LogP contribution < -0.4 is 0 Å². The number of rotatable bonds is 3. The average molecular weight is 375 g/mol. The number of allylic oxidation sites excluding steroid dienone is 2. The number of carbonyl (C=O) groups is 1. The summed E-state index contributed by atoms with van der Waals surface area (Å²) in [6, 6.07) is 17.8. The van der Waals surface area contributed by atoms with Gasteiger partial charge in [0.05, 0.1) is 22.3 Å². The van der Waals surface area contributed by atoms with Crippen molar-refractivity contribution >= 4 is 16.6 Å². The Morgan fingerprint density at radius 1 is 1.11 bits per heavy atom. The van der Waals surface area contributed by atoms with Crippen molar-refractivity contribution in [2.45, 2.75) is 48.3 Å². The minimum absolute atomic E-state index is 0.151. The molecule has 0 N–H and O–H groups in total. The third-order valence-electron chi connectivity index (χ3n) is 5.96. The molecule has 0 amide bonds.